The third-order valence-electron chi connectivity index (χ3n) is 8.79. The predicted octanol–water partition coefficient (Wildman–Crippen LogP) is 5.51. The molecule has 3 aliphatic rings. The lowest BCUT2D eigenvalue weighted by Crippen LogP contribution is -2.38. The van der Waals surface area contributed by atoms with Crippen molar-refractivity contribution in [2.75, 3.05) is 0 Å². The Hall–Kier alpha value is -3.59. The van der Waals surface area contributed by atoms with Crippen molar-refractivity contribution in [3.8, 4) is 22.8 Å². The van der Waals surface area contributed by atoms with Crippen LogP contribution in [0.4, 0.5) is 8.78 Å². The number of nitrogens with zero attached hydrogens (tertiary/aromatic N) is 5. The Morgan fingerprint density at radius 3 is 2.57 bits per heavy atom. The zero-order valence-electron chi connectivity index (χ0n) is 20.4. The first kappa shape index (κ1) is 22.6. The van der Waals surface area contributed by atoms with Gasteiger partial charge < -0.3 is 9.52 Å². The highest BCUT2D eigenvalue weighted by Crippen LogP contribution is 2.69. The first-order chi connectivity index (χ1) is 17.8. The molecule has 3 aliphatic carbocycles. The van der Waals surface area contributed by atoms with Crippen molar-refractivity contribution < 1.29 is 18.3 Å². The number of aliphatic hydroxyl groups excluding tert-OH is 1. The molecule has 0 amide bonds. The van der Waals surface area contributed by atoms with E-state index in [1.165, 1.54) is 24.5 Å². The molecule has 0 radical (unpaired) electrons. The lowest BCUT2D eigenvalue weighted by molar-refractivity contribution is 0.149. The molecule has 2 saturated carbocycles. The van der Waals surface area contributed by atoms with Gasteiger partial charge in [-0.15, -0.1) is 5.10 Å². The van der Waals surface area contributed by atoms with Crippen molar-refractivity contribution in [3.05, 3.63) is 77.2 Å². The molecule has 9 heteroatoms. The molecule has 1 aromatic carbocycles. The highest BCUT2D eigenvalue weighted by Gasteiger charge is 2.65. The van der Waals surface area contributed by atoms with E-state index in [1.807, 2.05) is 0 Å². The summed E-state index contributed by atoms with van der Waals surface area (Å²) in [7, 11) is 0. The number of hydrogen-bond acceptors (Lipinski definition) is 7. The standard InChI is InChI=1S/C28H25F2N5O2/c1-27(2)16-8-9-28(27,25-15(16)10-19(34-35-25)23-17(29)4-3-5-18(23)30)22-12-31-11-20(32-22)26-33-21(13-37-26)24(36)14-6-7-14/h3-5,10-14,16,24,36H,6-9H2,1-2H3/t16-,24-,28+/m0/s1. The number of hydrogen-bond donors (Lipinski definition) is 1. The fourth-order valence-corrected chi connectivity index (χ4v) is 6.62. The molecule has 0 spiro atoms. The van der Waals surface area contributed by atoms with Crippen LogP contribution in [0.3, 0.4) is 0 Å². The Labute approximate surface area is 212 Å². The van der Waals surface area contributed by atoms with Crippen molar-refractivity contribution in [2.45, 2.75) is 57.0 Å². The lowest BCUT2D eigenvalue weighted by Gasteiger charge is -2.37. The van der Waals surface area contributed by atoms with Gasteiger partial charge in [0.25, 0.3) is 0 Å². The molecule has 4 aromatic rings. The molecule has 3 atom stereocenters. The highest BCUT2D eigenvalue weighted by atomic mass is 19.1. The van der Waals surface area contributed by atoms with Gasteiger partial charge in [-0.1, -0.05) is 19.9 Å². The van der Waals surface area contributed by atoms with Gasteiger partial charge in [-0.05, 0) is 66.7 Å². The average molecular weight is 502 g/mol. The molecule has 7 rings (SSSR count). The van der Waals surface area contributed by atoms with Crippen LogP contribution in [0.2, 0.25) is 0 Å². The molecular weight excluding hydrogens is 476 g/mol. The maximum atomic E-state index is 14.5. The predicted molar refractivity (Wildman–Crippen MR) is 129 cm³/mol. The molecule has 7 nitrogen and oxygen atoms in total. The fourth-order valence-electron chi connectivity index (χ4n) is 6.62. The van der Waals surface area contributed by atoms with Crippen LogP contribution < -0.4 is 0 Å². The highest BCUT2D eigenvalue weighted by molar-refractivity contribution is 5.64. The third-order valence-corrected chi connectivity index (χ3v) is 8.79. The van der Waals surface area contributed by atoms with Crippen LogP contribution in [-0.2, 0) is 5.41 Å². The maximum absolute atomic E-state index is 14.5. The van der Waals surface area contributed by atoms with E-state index in [2.05, 4.69) is 34.0 Å². The van der Waals surface area contributed by atoms with Crippen LogP contribution in [0.5, 0.6) is 0 Å². The molecule has 0 saturated heterocycles. The normalized spacial score (nSPS) is 24.3. The van der Waals surface area contributed by atoms with Crippen LogP contribution >= 0.6 is 0 Å². The van der Waals surface area contributed by atoms with Gasteiger partial charge in [-0.3, -0.25) is 4.98 Å². The Balaban J connectivity index is 1.32. The van der Waals surface area contributed by atoms with E-state index in [1.54, 1.807) is 18.5 Å². The quantitative estimate of drug-likeness (QED) is 0.385. The van der Waals surface area contributed by atoms with Crippen molar-refractivity contribution in [2.24, 2.45) is 11.3 Å². The van der Waals surface area contributed by atoms with Gasteiger partial charge in [0.15, 0.2) is 0 Å². The molecule has 0 aliphatic heterocycles. The Bertz CT molecular complexity index is 1530. The van der Waals surface area contributed by atoms with Gasteiger partial charge >= 0.3 is 0 Å². The summed E-state index contributed by atoms with van der Waals surface area (Å²) in [6.07, 6.45) is 7.86. The minimum Gasteiger partial charge on any atom is -0.443 e. The Morgan fingerprint density at radius 1 is 1.03 bits per heavy atom. The van der Waals surface area contributed by atoms with E-state index in [4.69, 9.17) is 9.40 Å². The number of aromatic nitrogens is 5. The number of oxazole rings is 1. The third kappa shape index (κ3) is 3.09. The van der Waals surface area contributed by atoms with Crippen molar-refractivity contribution in [1.29, 1.82) is 0 Å². The number of fused-ring (bicyclic) bond motifs is 5. The number of aliphatic hydroxyl groups is 1. The van der Waals surface area contributed by atoms with Crippen molar-refractivity contribution in [3.63, 3.8) is 0 Å². The number of halogens is 2. The first-order valence-electron chi connectivity index (χ1n) is 12.6. The van der Waals surface area contributed by atoms with Gasteiger partial charge in [0, 0.05) is 6.20 Å². The summed E-state index contributed by atoms with van der Waals surface area (Å²) in [5, 5.41) is 19.3. The Morgan fingerprint density at radius 2 is 1.81 bits per heavy atom. The minimum absolute atomic E-state index is 0.124. The lowest BCUT2D eigenvalue weighted by atomic mass is 9.66. The maximum Gasteiger partial charge on any atom is 0.247 e. The molecule has 2 bridgehead atoms. The second-order valence-corrected chi connectivity index (χ2v) is 11.0. The van der Waals surface area contributed by atoms with Crippen LogP contribution in [0.15, 0.2) is 47.3 Å². The molecular formula is C28H25F2N5O2. The van der Waals surface area contributed by atoms with E-state index in [9.17, 15) is 13.9 Å². The molecule has 0 unspecified atom stereocenters. The van der Waals surface area contributed by atoms with E-state index in [0.717, 1.165) is 42.6 Å². The van der Waals surface area contributed by atoms with Crippen LogP contribution in [0.1, 0.15) is 74.2 Å². The number of benzene rings is 1. The van der Waals surface area contributed by atoms with Gasteiger partial charge in [0.2, 0.25) is 5.89 Å². The largest absolute Gasteiger partial charge is 0.443 e. The van der Waals surface area contributed by atoms with Crippen LogP contribution in [0, 0.1) is 23.0 Å². The van der Waals surface area contributed by atoms with Crippen LogP contribution in [-0.4, -0.2) is 30.3 Å². The van der Waals surface area contributed by atoms with Gasteiger partial charge in [-0.25, -0.2) is 18.7 Å². The molecule has 3 aromatic heterocycles. The summed E-state index contributed by atoms with van der Waals surface area (Å²) in [6.45, 7) is 4.36. The van der Waals surface area contributed by atoms with E-state index >= 15 is 0 Å². The summed E-state index contributed by atoms with van der Waals surface area (Å²) in [5.41, 5.74) is 2.61. The molecule has 1 N–H and O–H groups in total. The number of rotatable bonds is 5. The zero-order chi connectivity index (χ0) is 25.5. The van der Waals surface area contributed by atoms with Crippen molar-refractivity contribution >= 4 is 0 Å². The minimum atomic E-state index is -0.665. The van der Waals surface area contributed by atoms with Gasteiger partial charge in [0.05, 0.1) is 34.3 Å². The molecule has 3 heterocycles. The summed E-state index contributed by atoms with van der Waals surface area (Å²) in [4.78, 5) is 13.9. The molecule has 2 fully saturated rings. The summed E-state index contributed by atoms with van der Waals surface area (Å²) in [5.74, 6) is -0.660. The SMILES string of the molecule is CC1(C)[C@H]2CC[C@@]1(c1cncc(-c3nc([C@@H](O)C4CC4)co3)n1)c1nnc(-c3c(F)cccc3F)cc12. The van der Waals surface area contributed by atoms with Gasteiger partial charge in [0.1, 0.15) is 35.4 Å². The molecule has 188 valence electrons. The van der Waals surface area contributed by atoms with E-state index < -0.39 is 23.2 Å². The van der Waals surface area contributed by atoms with Gasteiger partial charge in [-0.2, -0.15) is 5.10 Å². The fraction of sp³-hybridized carbons (Fsp3) is 0.393. The summed E-state index contributed by atoms with van der Waals surface area (Å²) >= 11 is 0. The van der Waals surface area contributed by atoms with Crippen molar-refractivity contribution in [1.82, 2.24) is 25.1 Å². The van der Waals surface area contributed by atoms with Crippen LogP contribution in [0.25, 0.3) is 22.8 Å². The summed E-state index contributed by atoms with van der Waals surface area (Å²) in [6, 6.07) is 5.58. The average Bonchev–Trinajstić information content (AvgIpc) is 3.51. The monoisotopic (exact) mass is 501 g/mol. The first-order valence-corrected chi connectivity index (χ1v) is 12.6. The topological polar surface area (TPSA) is 97.8 Å². The second kappa shape index (κ2) is 7.71. The second-order valence-electron chi connectivity index (χ2n) is 11.0. The molecule has 37 heavy (non-hydrogen) atoms. The summed E-state index contributed by atoms with van der Waals surface area (Å²) < 4.78 is 34.7. The van der Waals surface area contributed by atoms with E-state index in [-0.39, 0.29) is 28.5 Å². The van der Waals surface area contributed by atoms with E-state index in [0.29, 0.717) is 17.3 Å². The smallest absolute Gasteiger partial charge is 0.247 e. The zero-order valence-corrected chi connectivity index (χ0v) is 20.4. The Kier molecular flexibility index (Phi) is 4.71.